The molecule has 2 amide bonds. The van der Waals surface area contributed by atoms with Gasteiger partial charge in [0, 0.05) is 15.7 Å². The molecule has 0 fully saturated rings. The van der Waals surface area contributed by atoms with E-state index in [1.54, 1.807) is 17.6 Å². The lowest BCUT2D eigenvalue weighted by atomic mass is 10.1. The summed E-state index contributed by atoms with van der Waals surface area (Å²) in [5.41, 5.74) is 3.19. The van der Waals surface area contributed by atoms with Crippen LogP contribution in [0.25, 0.3) is 0 Å². The first kappa shape index (κ1) is 15.2. The number of carbonyl (C=O) groups excluding carboxylic acids is 2. The van der Waals surface area contributed by atoms with Crippen LogP contribution in [0, 0.1) is 0 Å². The molecule has 108 valence electrons. The Kier molecular flexibility index (Phi) is 5.08. The Labute approximate surface area is 130 Å². The fourth-order valence-electron chi connectivity index (χ4n) is 1.84. The molecule has 2 aromatic rings. The van der Waals surface area contributed by atoms with Crippen LogP contribution in [0.15, 0.2) is 53.0 Å². The summed E-state index contributed by atoms with van der Waals surface area (Å²) in [7, 11) is 0. The number of carbonyl (C=O) groups is 2. The van der Waals surface area contributed by atoms with E-state index in [1.165, 1.54) is 12.1 Å². The van der Waals surface area contributed by atoms with E-state index in [0.717, 1.165) is 10.0 Å². The standard InChI is InChI=1S/C15H13BrN2O3/c16-12-5-1-3-10(7-12)8-14(19)17-13-6-2-4-11(9-13)15(20)18-21/h1-7,9,21H,8H2,(H,17,19)(H,18,20). The fourth-order valence-corrected chi connectivity index (χ4v) is 2.29. The van der Waals surface area contributed by atoms with E-state index in [9.17, 15) is 9.59 Å². The lowest BCUT2D eigenvalue weighted by Gasteiger charge is -2.07. The third-order valence-corrected chi connectivity index (χ3v) is 3.26. The summed E-state index contributed by atoms with van der Waals surface area (Å²) >= 11 is 3.35. The van der Waals surface area contributed by atoms with Crippen molar-refractivity contribution < 1.29 is 14.8 Å². The van der Waals surface area contributed by atoms with Crippen molar-refractivity contribution in [2.45, 2.75) is 6.42 Å². The summed E-state index contributed by atoms with van der Waals surface area (Å²) in [6.45, 7) is 0. The first-order valence-corrected chi connectivity index (χ1v) is 6.96. The summed E-state index contributed by atoms with van der Waals surface area (Å²) in [5, 5.41) is 11.3. The van der Waals surface area contributed by atoms with Crippen LogP contribution in [0.1, 0.15) is 15.9 Å². The number of rotatable bonds is 4. The second kappa shape index (κ2) is 7.01. The summed E-state index contributed by atoms with van der Waals surface area (Å²) in [5.74, 6) is -0.812. The maximum absolute atomic E-state index is 12.0. The van der Waals surface area contributed by atoms with Crippen LogP contribution >= 0.6 is 15.9 Å². The Morgan fingerprint density at radius 3 is 2.57 bits per heavy atom. The minimum Gasteiger partial charge on any atom is -0.326 e. The minimum atomic E-state index is -0.627. The Morgan fingerprint density at radius 2 is 1.86 bits per heavy atom. The monoisotopic (exact) mass is 348 g/mol. The summed E-state index contributed by atoms with van der Waals surface area (Å²) in [6.07, 6.45) is 0.232. The molecule has 21 heavy (non-hydrogen) atoms. The van der Waals surface area contributed by atoms with Gasteiger partial charge in [-0.1, -0.05) is 34.1 Å². The quantitative estimate of drug-likeness (QED) is 0.587. The molecule has 2 aromatic carbocycles. The van der Waals surface area contributed by atoms with Gasteiger partial charge < -0.3 is 5.32 Å². The average molecular weight is 349 g/mol. The van der Waals surface area contributed by atoms with E-state index in [-0.39, 0.29) is 17.9 Å². The zero-order valence-corrected chi connectivity index (χ0v) is 12.6. The smallest absolute Gasteiger partial charge is 0.274 e. The lowest BCUT2D eigenvalue weighted by Crippen LogP contribution is -2.19. The highest BCUT2D eigenvalue weighted by Gasteiger charge is 2.08. The van der Waals surface area contributed by atoms with Crippen molar-refractivity contribution in [1.82, 2.24) is 5.48 Å². The Bertz CT molecular complexity index is 673. The van der Waals surface area contributed by atoms with Crippen molar-refractivity contribution in [2.75, 3.05) is 5.32 Å². The van der Waals surface area contributed by atoms with E-state index < -0.39 is 5.91 Å². The van der Waals surface area contributed by atoms with Crippen molar-refractivity contribution >= 4 is 33.4 Å². The Hall–Kier alpha value is -2.18. The van der Waals surface area contributed by atoms with Crippen molar-refractivity contribution in [3.05, 3.63) is 64.1 Å². The van der Waals surface area contributed by atoms with Crippen LogP contribution in [0.4, 0.5) is 5.69 Å². The molecule has 0 bridgehead atoms. The Balaban J connectivity index is 2.04. The molecule has 0 radical (unpaired) electrons. The normalized spacial score (nSPS) is 10.0. The van der Waals surface area contributed by atoms with Crippen molar-refractivity contribution in [1.29, 1.82) is 0 Å². The van der Waals surface area contributed by atoms with Gasteiger partial charge in [0.05, 0.1) is 6.42 Å². The molecule has 6 heteroatoms. The number of hydrogen-bond donors (Lipinski definition) is 3. The summed E-state index contributed by atoms with van der Waals surface area (Å²) < 4.78 is 0.911. The molecular formula is C15H13BrN2O3. The number of hydrogen-bond acceptors (Lipinski definition) is 3. The second-order valence-electron chi connectivity index (χ2n) is 4.38. The predicted molar refractivity (Wildman–Crippen MR) is 82.2 cm³/mol. The molecule has 5 nitrogen and oxygen atoms in total. The lowest BCUT2D eigenvalue weighted by molar-refractivity contribution is -0.115. The topological polar surface area (TPSA) is 78.4 Å². The molecule has 0 aliphatic heterocycles. The second-order valence-corrected chi connectivity index (χ2v) is 5.29. The largest absolute Gasteiger partial charge is 0.326 e. The van der Waals surface area contributed by atoms with Gasteiger partial charge in [0.25, 0.3) is 5.91 Å². The molecule has 0 heterocycles. The van der Waals surface area contributed by atoms with Crippen molar-refractivity contribution in [3.63, 3.8) is 0 Å². The SMILES string of the molecule is O=C(Cc1cccc(Br)c1)Nc1cccc(C(=O)NO)c1. The van der Waals surface area contributed by atoms with Gasteiger partial charge in [-0.2, -0.15) is 0 Å². The molecular weight excluding hydrogens is 336 g/mol. The van der Waals surface area contributed by atoms with Gasteiger partial charge >= 0.3 is 0 Å². The van der Waals surface area contributed by atoms with Gasteiger partial charge in [0.2, 0.25) is 5.91 Å². The highest BCUT2D eigenvalue weighted by atomic mass is 79.9. The molecule has 3 N–H and O–H groups in total. The van der Waals surface area contributed by atoms with Gasteiger partial charge in [0.15, 0.2) is 0 Å². The third kappa shape index (κ3) is 4.40. The Morgan fingerprint density at radius 1 is 1.10 bits per heavy atom. The van der Waals surface area contributed by atoms with Gasteiger partial charge in [0.1, 0.15) is 0 Å². The minimum absolute atomic E-state index is 0.186. The average Bonchev–Trinajstić information content (AvgIpc) is 2.46. The number of halogens is 1. The molecule has 0 spiro atoms. The fraction of sp³-hybridized carbons (Fsp3) is 0.0667. The molecule has 0 unspecified atom stereocenters. The third-order valence-electron chi connectivity index (χ3n) is 2.76. The highest BCUT2D eigenvalue weighted by Crippen LogP contribution is 2.14. The number of anilines is 1. The van der Waals surface area contributed by atoms with Gasteiger partial charge in [-0.25, -0.2) is 5.48 Å². The molecule has 2 rings (SSSR count). The van der Waals surface area contributed by atoms with E-state index in [2.05, 4.69) is 21.2 Å². The van der Waals surface area contributed by atoms with E-state index in [1.807, 2.05) is 24.3 Å². The summed E-state index contributed by atoms with van der Waals surface area (Å²) in [6, 6.07) is 13.8. The first-order valence-electron chi connectivity index (χ1n) is 6.17. The van der Waals surface area contributed by atoms with Crippen LogP contribution in [0.2, 0.25) is 0 Å². The van der Waals surface area contributed by atoms with Gasteiger partial charge in [-0.05, 0) is 35.9 Å². The maximum Gasteiger partial charge on any atom is 0.274 e. The molecule has 0 aliphatic carbocycles. The molecule has 0 aromatic heterocycles. The summed E-state index contributed by atoms with van der Waals surface area (Å²) in [4.78, 5) is 23.3. The number of nitrogens with one attached hydrogen (secondary N) is 2. The number of benzene rings is 2. The molecule has 0 aliphatic rings. The van der Waals surface area contributed by atoms with Crippen LogP contribution in [-0.2, 0) is 11.2 Å². The number of hydroxylamine groups is 1. The van der Waals surface area contributed by atoms with Crippen molar-refractivity contribution in [3.8, 4) is 0 Å². The zero-order chi connectivity index (χ0) is 15.2. The van der Waals surface area contributed by atoms with E-state index in [4.69, 9.17) is 5.21 Å². The van der Waals surface area contributed by atoms with E-state index in [0.29, 0.717) is 5.69 Å². The van der Waals surface area contributed by atoms with Crippen LogP contribution in [-0.4, -0.2) is 17.0 Å². The van der Waals surface area contributed by atoms with Crippen molar-refractivity contribution in [2.24, 2.45) is 0 Å². The maximum atomic E-state index is 12.0. The first-order chi connectivity index (χ1) is 10.1. The molecule has 0 atom stereocenters. The number of amides is 2. The van der Waals surface area contributed by atoms with Gasteiger partial charge in [-0.3, -0.25) is 14.8 Å². The van der Waals surface area contributed by atoms with Crippen LogP contribution in [0.5, 0.6) is 0 Å². The predicted octanol–water partition coefficient (Wildman–Crippen LogP) is 2.75. The molecule has 0 saturated heterocycles. The van der Waals surface area contributed by atoms with Gasteiger partial charge in [-0.15, -0.1) is 0 Å². The van der Waals surface area contributed by atoms with Crippen LogP contribution < -0.4 is 10.8 Å². The van der Waals surface area contributed by atoms with Crippen LogP contribution in [0.3, 0.4) is 0 Å². The highest BCUT2D eigenvalue weighted by molar-refractivity contribution is 9.10. The zero-order valence-electron chi connectivity index (χ0n) is 11.0. The van der Waals surface area contributed by atoms with E-state index >= 15 is 0 Å². The molecule has 0 saturated carbocycles.